The number of rotatable bonds is 6. The van der Waals surface area contributed by atoms with Crippen LogP contribution in [0.4, 0.5) is 0 Å². The van der Waals surface area contributed by atoms with Gasteiger partial charge in [-0.15, -0.1) is 0 Å². The summed E-state index contributed by atoms with van der Waals surface area (Å²) in [5.41, 5.74) is 2.32. The summed E-state index contributed by atoms with van der Waals surface area (Å²) in [6.45, 7) is 3.99. The molecule has 2 heterocycles. The molecule has 0 aliphatic heterocycles. The van der Waals surface area contributed by atoms with Gasteiger partial charge in [0.1, 0.15) is 5.69 Å². The van der Waals surface area contributed by atoms with Gasteiger partial charge in [0, 0.05) is 37.5 Å². The molecule has 0 aliphatic carbocycles. The van der Waals surface area contributed by atoms with E-state index in [9.17, 15) is 4.79 Å². The molecule has 0 aliphatic rings. The Balaban J connectivity index is 2.16. The summed E-state index contributed by atoms with van der Waals surface area (Å²) >= 11 is 0. The number of aryl methyl sites for hydroxylation is 1. The van der Waals surface area contributed by atoms with Gasteiger partial charge in [-0.2, -0.15) is 9.97 Å². The molecule has 0 aromatic carbocycles. The van der Waals surface area contributed by atoms with E-state index in [-0.39, 0.29) is 29.5 Å². The molecule has 7 heteroatoms. The molecule has 1 unspecified atom stereocenters. The molecule has 0 N–H and O–H groups in total. The van der Waals surface area contributed by atoms with Gasteiger partial charge in [-0.1, -0.05) is 0 Å². The number of likely N-dealkylation sites (N-methyl/N-ethyl adjacent to an activating group) is 1. The summed E-state index contributed by atoms with van der Waals surface area (Å²) < 4.78 is 10.1. The second-order valence-electron chi connectivity index (χ2n) is 5.58. The van der Waals surface area contributed by atoms with Crippen LogP contribution in [-0.2, 0) is 6.42 Å². The van der Waals surface area contributed by atoms with Gasteiger partial charge in [0.25, 0.3) is 5.91 Å². The number of amides is 1. The topological polar surface area (TPSA) is 77.4 Å². The molecule has 2 aromatic rings. The van der Waals surface area contributed by atoms with E-state index in [1.165, 1.54) is 20.3 Å². The van der Waals surface area contributed by atoms with Crippen LogP contribution >= 0.6 is 0 Å². The number of ether oxygens (including phenoxy) is 2. The first-order valence-corrected chi connectivity index (χ1v) is 7.60. The Morgan fingerprint density at radius 2 is 2.00 bits per heavy atom. The van der Waals surface area contributed by atoms with Crippen LogP contribution in [0.15, 0.2) is 24.4 Å². The van der Waals surface area contributed by atoms with E-state index in [1.54, 1.807) is 18.1 Å². The Kier molecular flexibility index (Phi) is 5.68. The van der Waals surface area contributed by atoms with E-state index in [2.05, 4.69) is 15.0 Å². The first-order chi connectivity index (χ1) is 11.4. The highest BCUT2D eigenvalue weighted by molar-refractivity contribution is 5.92. The smallest absolute Gasteiger partial charge is 0.320 e. The van der Waals surface area contributed by atoms with Crippen LogP contribution in [0.1, 0.15) is 28.7 Å². The zero-order valence-corrected chi connectivity index (χ0v) is 14.6. The molecule has 0 fully saturated rings. The Hall–Kier alpha value is -2.70. The summed E-state index contributed by atoms with van der Waals surface area (Å²) in [6.07, 6.45) is 2.43. The van der Waals surface area contributed by atoms with Crippen molar-refractivity contribution in [3.63, 3.8) is 0 Å². The quantitative estimate of drug-likeness (QED) is 0.805. The maximum absolute atomic E-state index is 12.7. The van der Waals surface area contributed by atoms with Crippen LogP contribution in [0.3, 0.4) is 0 Å². The first-order valence-electron chi connectivity index (χ1n) is 7.60. The van der Waals surface area contributed by atoms with E-state index in [1.807, 2.05) is 26.0 Å². The van der Waals surface area contributed by atoms with Gasteiger partial charge < -0.3 is 14.4 Å². The van der Waals surface area contributed by atoms with Crippen molar-refractivity contribution < 1.29 is 14.3 Å². The molecule has 7 nitrogen and oxygen atoms in total. The fourth-order valence-corrected chi connectivity index (χ4v) is 2.24. The minimum Gasteiger partial charge on any atom is -0.481 e. The lowest BCUT2D eigenvalue weighted by Gasteiger charge is -2.24. The number of methoxy groups -OCH3 is 2. The number of hydrogen-bond donors (Lipinski definition) is 0. The number of carbonyl (C=O) groups is 1. The molecule has 0 bridgehead atoms. The number of carbonyl (C=O) groups excluding carboxylic acids is 1. The first kappa shape index (κ1) is 17.7. The standard InChI is InChI=1S/C17H22N4O3/c1-11-6-7-18-13(8-11)9-12(2)21(3)16(22)14-10-15(23-4)20-17(19-14)24-5/h6-8,10,12H,9H2,1-5H3. The van der Waals surface area contributed by atoms with Gasteiger partial charge in [0.2, 0.25) is 5.88 Å². The van der Waals surface area contributed by atoms with Crippen molar-refractivity contribution in [1.29, 1.82) is 0 Å². The highest BCUT2D eigenvalue weighted by atomic mass is 16.5. The molecule has 0 saturated heterocycles. The molecule has 0 radical (unpaired) electrons. The monoisotopic (exact) mass is 330 g/mol. The van der Waals surface area contributed by atoms with E-state index >= 15 is 0 Å². The van der Waals surface area contributed by atoms with Crippen molar-refractivity contribution in [3.8, 4) is 11.9 Å². The van der Waals surface area contributed by atoms with Crippen molar-refractivity contribution in [2.75, 3.05) is 21.3 Å². The second kappa shape index (κ2) is 7.72. The minimum atomic E-state index is -0.228. The fraction of sp³-hybridized carbons (Fsp3) is 0.412. The summed E-state index contributed by atoms with van der Waals surface area (Å²) in [4.78, 5) is 26.8. The normalized spacial score (nSPS) is 11.7. The average molecular weight is 330 g/mol. The molecule has 1 amide bonds. The molecule has 128 valence electrons. The van der Waals surface area contributed by atoms with E-state index in [0.717, 1.165) is 11.3 Å². The lowest BCUT2D eigenvalue weighted by molar-refractivity contribution is 0.0735. The van der Waals surface area contributed by atoms with Crippen molar-refractivity contribution in [3.05, 3.63) is 41.3 Å². The van der Waals surface area contributed by atoms with Gasteiger partial charge in [-0.25, -0.2) is 0 Å². The van der Waals surface area contributed by atoms with Gasteiger partial charge in [-0.3, -0.25) is 9.78 Å². The van der Waals surface area contributed by atoms with Gasteiger partial charge in [0.15, 0.2) is 0 Å². The lowest BCUT2D eigenvalue weighted by Crippen LogP contribution is -2.37. The van der Waals surface area contributed by atoms with Crippen LogP contribution in [0, 0.1) is 6.92 Å². The molecule has 2 aromatic heterocycles. The van der Waals surface area contributed by atoms with Crippen molar-refractivity contribution in [2.24, 2.45) is 0 Å². The van der Waals surface area contributed by atoms with Crippen LogP contribution < -0.4 is 9.47 Å². The largest absolute Gasteiger partial charge is 0.481 e. The van der Waals surface area contributed by atoms with Gasteiger partial charge in [0.05, 0.1) is 14.2 Å². The second-order valence-corrected chi connectivity index (χ2v) is 5.58. The molecule has 1 atom stereocenters. The third-order valence-electron chi connectivity index (χ3n) is 3.75. The van der Waals surface area contributed by atoms with Crippen LogP contribution in [0.25, 0.3) is 0 Å². The Morgan fingerprint density at radius 1 is 1.25 bits per heavy atom. The SMILES string of the molecule is COc1cc(C(=O)N(C)C(C)Cc2cc(C)ccn2)nc(OC)n1. The van der Waals surface area contributed by atoms with Crippen molar-refractivity contribution in [2.45, 2.75) is 26.3 Å². The molecular formula is C17H22N4O3. The maximum atomic E-state index is 12.7. The molecular weight excluding hydrogens is 308 g/mol. The number of aromatic nitrogens is 3. The number of hydrogen-bond acceptors (Lipinski definition) is 6. The van der Waals surface area contributed by atoms with Crippen LogP contribution in [0.5, 0.6) is 11.9 Å². The van der Waals surface area contributed by atoms with Crippen LogP contribution in [-0.4, -0.2) is 53.1 Å². The predicted octanol–water partition coefficient (Wildman–Crippen LogP) is 1.90. The minimum absolute atomic E-state index is 0.0428. The Labute approximate surface area is 141 Å². The summed E-state index contributed by atoms with van der Waals surface area (Å²) in [7, 11) is 4.66. The highest BCUT2D eigenvalue weighted by Crippen LogP contribution is 2.16. The van der Waals surface area contributed by atoms with Crippen molar-refractivity contribution in [1.82, 2.24) is 19.9 Å². The summed E-state index contributed by atoms with van der Waals surface area (Å²) in [6, 6.07) is 5.52. The summed E-state index contributed by atoms with van der Waals surface area (Å²) in [5, 5.41) is 0. The zero-order valence-electron chi connectivity index (χ0n) is 14.6. The van der Waals surface area contributed by atoms with E-state index in [4.69, 9.17) is 9.47 Å². The van der Waals surface area contributed by atoms with E-state index in [0.29, 0.717) is 6.42 Å². The Morgan fingerprint density at radius 3 is 2.62 bits per heavy atom. The number of pyridine rings is 1. The van der Waals surface area contributed by atoms with Crippen LogP contribution in [0.2, 0.25) is 0 Å². The number of nitrogens with zero attached hydrogens (tertiary/aromatic N) is 4. The highest BCUT2D eigenvalue weighted by Gasteiger charge is 2.21. The van der Waals surface area contributed by atoms with Gasteiger partial charge >= 0.3 is 6.01 Å². The zero-order chi connectivity index (χ0) is 17.7. The lowest BCUT2D eigenvalue weighted by atomic mass is 10.1. The molecule has 0 saturated carbocycles. The van der Waals surface area contributed by atoms with E-state index < -0.39 is 0 Å². The Bertz CT molecular complexity index is 698. The third-order valence-corrected chi connectivity index (χ3v) is 3.75. The third kappa shape index (κ3) is 4.18. The molecule has 24 heavy (non-hydrogen) atoms. The fourth-order valence-electron chi connectivity index (χ4n) is 2.24. The summed E-state index contributed by atoms with van der Waals surface area (Å²) in [5.74, 6) is 0.0563. The molecule has 0 spiro atoms. The van der Waals surface area contributed by atoms with Gasteiger partial charge in [-0.05, 0) is 31.5 Å². The van der Waals surface area contributed by atoms with Crippen molar-refractivity contribution >= 4 is 5.91 Å². The average Bonchev–Trinajstić information content (AvgIpc) is 2.59. The molecule has 2 rings (SSSR count). The maximum Gasteiger partial charge on any atom is 0.320 e. The predicted molar refractivity (Wildman–Crippen MR) is 89.4 cm³/mol.